The Balaban J connectivity index is 0.000000282. The summed E-state index contributed by atoms with van der Waals surface area (Å²) in [5, 5.41) is 7.86. The van der Waals surface area contributed by atoms with Gasteiger partial charge in [0.25, 0.3) is 12.0 Å². The molecule has 1 amide bonds. The van der Waals surface area contributed by atoms with E-state index >= 15 is 0 Å². The Kier molecular flexibility index (Phi) is 19.9. The fourth-order valence-corrected chi connectivity index (χ4v) is 12.3. The molecule has 6 aromatic rings. The van der Waals surface area contributed by atoms with Crippen LogP contribution in [-0.2, 0) is 38.1 Å². The molecule has 0 spiro atoms. The minimum Gasteiger partial charge on any atom is -0.490 e. The lowest BCUT2D eigenvalue weighted by atomic mass is 9.77. The van der Waals surface area contributed by atoms with Crippen molar-refractivity contribution in [2.24, 2.45) is 34.5 Å². The van der Waals surface area contributed by atoms with E-state index in [-0.39, 0.29) is 78.7 Å². The molecule has 23 heteroatoms. The monoisotopic (exact) mass is 1230 g/mol. The van der Waals surface area contributed by atoms with Crippen LogP contribution < -0.4 is 30.3 Å². The summed E-state index contributed by atoms with van der Waals surface area (Å²) in [6.45, 7) is 17.1. The Morgan fingerprint density at radius 1 is 0.767 bits per heavy atom. The molecule has 1 unspecified atom stereocenters. The van der Waals surface area contributed by atoms with Gasteiger partial charge in [-0.25, -0.2) is 4.98 Å². The number of fused-ring (bicyclic) bond motifs is 3. The van der Waals surface area contributed by atoms with Crippen LogP contribution in [0.2, 0.25) is 10.0 Å². The Hall–Kier alpha value is -6.94. The average molecular weight is 1230 g/mol. The van der Waals surface area contributed by atoms with Gasteiger partial charge in [0.2, 0.25) is 5.91 Å². The van der Waals surface area contributed by atoms with Gasteiger partial charge in [-0.1, -0.05) is 57.3 Å². The fourth-order valence-electron chi connectivity index (χ4n) is 11.8. The third-order valence-corrected chi connectivity index (χ3v) is 17.2. The molecule has 21 nitrogen and oxygen atoms in total. The van der Waals surface area contributed by atoms with Crippen LogP contribution in [0, 0.1) is 34.5 Å². The van der Waals surface area contributed by atoms with E-state index in [1.165, 1.54) is 32.1 Å². The molecule has 4 aliphatic rings. The van der Waals surface area contributed by atoms with Crippen molar-refractivity contribution in [2.75, 3.05) is 64.9 Å². The number of carbonyl (C=O) groups is 4. The molecular formula is C63H79Cl2N7O14. The zero-order valence-corrected chi connectivity index (χ0v) is 52.3. The van der Waals surface area contributed by atoms with Crippen molar-refractivity contribution in [1.82, 2.24) is 24.8 Å². The van der Waals surface area contributed by atoms with Crippen molar-refractivity contribution in [3.8, 4) is 40.0 Å². The molecule has 1 aliphatic heterocycles. The number of hydrogen-bond acceptors (Lipinski definition) is 19. The number of halogens is 2. The second-order valence-corrected chi connectivity index (χ2v) is 25.3. The molecule has 8 atom stereocenters. The number of oxazole rings is 2. The number of methoxy groups -OCH3 is 3. The Labute approximate surface area is 510 Å². The van der Waals surface area contributed by atoms with Crippen LogP contribution in [0.3, 0.4) is 0 Å². The highest BCUT2D eigenvalue weighted by molar-refractivity contribution is 6.37. The number of H-pyrrole nitrogens is 1. The van der Waals surface area contributed by atoms with Gasteiger partial charge in [0, 0.05) is 62.1 Å². The number of rotatable bonds is 25. The van der Waals surface area contributed by atoms with Crippen molar-refractivity contribution in [1.29, 1.82) is 0 Å². The van der Waals surface area contributed by atoms with Crippen molar-refractivity contribution in [3.05, 3.63) is 69.2 Å². The standard InChI is InChI=1S/C45H59ClN4O10.C18H20ClN3O4/c1-9-27-20-45(27,42(54)56-8)21-35(51)34-17-29(22-50(34)41(53)31(44(4,5)6)18-38(52)60-28-15-25-14-26(25)16-28)59-37-19-32(33-23-58-43(49-33)47-24(2)3)48-40-30(37)10-11-36(39(40)46)57-13-12-55-7;1-10(2)20-18-22-13(9-26-18)12-8-14(23)11-4-5-15(25-7-6-24-3)16(19)17(11)21-12/h10-11,19,23-29,31,34H,9,12-18,20-22H2,1-8H3,(H,47,49);4-5,8-10H,6-7H2,1-3H3,(H,20,22)(H,21,23)/t25-,26+,27-,28?,29-,31-,34+,45-;/m1./s1. The summed E-state index contributed by atoms with van der Waals surface area (Å²) in [6, 6.07) is 10.2. The van der Waals surface area contributed by atoms with Gasteiger partial charge in [-0.15, -0.1) is 0 Å². The number of ether oxygens (including phenoxy) is 7. The maximum absolute atomic E-state index is 14.9. The van der Waals surface area contributed by atoms with E-state index in [0.29, 0.717) is 117 Å². The predicted octanol–water partition coefficient (Wildman–Crippen LogP) is 11.4. The van der Waals surface area contributed by atoms with Gasteiger partial charge in [-0.2, -0.15) is 9.97 Å². The fraction of sp³-hybridized carbons (Fsp3) is 0.556. The van der Waals surface area contributed by atoms with Gasteiger partial charge in [0.05, 0.1) is 73.1 Å². The Morgan fingerprint density at radius 2 is 1.38 bits per heavy atom. The smallest absolute Gasteiger partial charge is 0.312 e. The number of anilines is 2. The van der Waals surface area contributed by atoms with E-state index in [1.807, 2.05) is 55.4 Å². The van der Waals surface area contributed by atoms with E-state index in [4.69, 9.17) is 70.2 Å². The zero-order valence-electron chi connectivity index (χ0n) is 50.8. The number of aromatic nitrogens is 4. The highest BCUT2D eigenvalue weighted by Crippen LogP contribution is 2.58. The van der Waals surface area contributed by atoms with Gasteiger partial charge in [-0.3, -0.25) is 24.0 Å². The highest BCUT2D eigenvalue weighted by atomic mass is 35.5. The number of nitrogens with zero attached hydrogens (tertiary/aromatic N) is 4. The molecule has 0 radical (unpaired) electrons. The maximum atomic E-state index is 14.9. The zero-order chi connectivity index (χ0) is 61.8. The Morgan fingerprint density at radius 3 is 1.98 bits per heavy atom. The van der Waals surface area contributed by atoms with Crippen LogP contribution in [0.5, 0.6) is 17.2 Å². The number of aromatic amines is 1. The SMILES string of the molecule is CC[C@@H]1C[C@]1(CC(=O)[C@@H]1C[C@@H](Oc2cc(-c3coc(NC(C)C)n3)nc3c(Cl)c(OCCOC)ccc23)CN1C(=O)[C@@H](CC(=O)OC1C[C@@H]2C[C@@H]2C1)C(C)(C)C)C(=O)OC.COCCOc1ccc2c(=O)cc(-c3coc(NC(C)C)n3)[nH]c2c1Cl. The minimum absolute atomic E-state index is 0.00715. The van der Waals surface area contributed by atoms with Gasteiger partial charge in [0.1, 0.15) is 76.6 Å². The first-order chi connectivity index (χ1) is 41.0. The molecule has 1 saturated heterocycles. The summed E-state index contributed by atoms with van der Waals surface area (Å²) in [5.74, 6) is 0.393. The first kappa shape index (κ1) is 63.6. The molecule has 3 aliphatic carbocycles. The molecule has 0 bridgehead atoms. The van der Waals surface area contributed by atoms with E-state index in [9.17, 15) is 24.0 Å². The van der Waals surface area contributed by atoms with Crippen LogP contribution in [0.15, 0.2) is 62.6 Å². The summed E-state index contributed by atoms with van der Waals surface area (Å²) in [6.07, 6.45) is 6.38. The van der Waals surface area contributed by atoms with Crippen LogP contribution in [-0.4, -0.2) is 133 Å². The topological polar surface area (TPSA) is 258 Å². The minimum atomic E-state index is -0.930. The van der Waals surface area contributed by atoms with Crippen molar-refractivity contribution < 1.29 is 61.2 Å². The predicted molar refractivity (Wildman–Crippen MR) is 325 cm³/mol. The van der Waals surface area contributed by atoms with Gasteiger partial charge >= 0.3 is 11.9 Å². The number of nitrogens with one attached hydrogen (secondary N) is 3. The normalized spacial score (nSPS) is 21.6. The summed E-state index contributed by atoms with van der Waals surface area (Å²) in [5.41, 5.74) is 1.01. The van der Waals surface area contributed by atoms with E-state index in [0.717, 1.165) is 19.3 Å². The summed E-state index contributed by atoms with van der Waals surface area (Å²) < 4.78 is 50.6. The number of hydrogen-bond donors (Lipinski definition) is 3. The molecule has 464 valence electrons. The molecule has 10 rings (SSSR count). The molecule has 5 heterocycles. The number of pyridine rings is 2. The maximum Gasteiger partial charge on any atom is 0.312 e. The molecule has 2 aromatic carbocycles. The number of carbonyl (C=O) groups excluding carboxylic acids is 4. The van der Waals surface area contributed by atoms with Gasteiger partial charge in [-0.05, 0) is 101 Å². The number of Topliss-reactive ketones (excluding diaryl/α,β-unsaturated/α-hetero) is 1. The lowest BCUT2D eigenvalue weighted by Crippen LogP contribution is -2.48. The second kappa shape index (κ2) is 27.0. The lowest BCUT2D eigenvalue weighted by Gasteiger charge is -2.35. The largest absolute Gasteiger partial charge is 0.490 e. The lowest BCUT2D eigenvalue weighted by molar-refractivity contribution is -0.157. The number of amides is 1. The highest BCUT2D eigenvalue weighted by Gasteiger charge is 2.62. The van der Waals surface area contributed by atoms with Gasteiger partial charge < -0.3 is 62.5 Å². The average Bonchev–Trinajstić information content (AvgIpc) is 1.57. The summed E-state index contributed by atoms with van der Waals surface area (Å²) in [7, 11) is 4.51. The number of benzene rings is 2. The van der Waals surface area contributed by atoms with E-state index in [1.54, 1.807) is 49.5 Å². The molecule has 4 aromatic heterocycles. The van der Waals surface area contributed by atoms with Gasteiger partial charge in [0.15, 0.2) is 11.2 Å². The van der Waals surface area contributed by atoms with Crippen LogP contribution in [0.4, 0.5) is 12.0 Å². The van der Waals surface area contributed by atoms with Crippen molar-refractivity contribution in [3.63, 3.8) is 0 Å². The quantitative estimate of drug-likeness (QED) is 0.0355. The summed E-state index contributed by atoms with van der Waals surface area (Å²) in [4.78, 5) is 87.1. The molecule has 3 N–H and O–H groups in total. The molecule has 4 fully saturated rings. The van der Waals surface area contributed by atoms with Crippen molar-refractivity contribution in [2.45, 2.75) is 137 Å². The Bertz CT molecular complexity index is 3480. The number of esters is 2. The number of likely N-dealkylation sites (tertiary alicyclic amines) is 1. The third-order valence-electron chi connectivity index (χ3n) is 16.4. The third kappa shape index (κ3) is 14.5. The van der Waals surface area contributed by atoms with E-state index in [2.05, 4.69) is 25.6 Å². The first-order valence-electron chi connectivity index (χ1n) is 29.5. The van der Waals surface area contributed by atoms with E-state index < -0.39 is 40.8 Å². The molecule has 86 heavy (non-hydrogen) atoms. The molecular weight excluding hydrogens is 1150 g/mol. The van der Waals surface area contributed by atoms with Crippen LogP contribution >= 0.6 is 23.2 Å². The molecule has 3 saturated carbocycles. The second-order valence-electron chi connectivity index (χ2n) is 24.5. The summed E-state index contributed by atoms with van der Waals surface area (Å²) >= 11 is 13.4. The van der Waals surface area contributed by atoms with Crippen LogP contribution in [0.25, 0.3) is 44.6 Å². The number of ketones is 1. The van der Waals surface area contributed by atoms with Crippen molar-refractivity contribution >= 4 is 80.7 Å². The van der Waals surface area contributed by atoms with Crippen LogP contribution in [0.1, 0.15) is 107 Å². The first-order valence-corrected chi connectivity index (χ1v) is 30.2.